The van der Waals surface area contributed by atoms with Gasteiger partial charge in [-0.1, -0.05) is 13.0 Å². The van der Waals surface area contributed by atoms with E-state index in [2.05, 4.69) is 5.10 Å². The number of hydrogen-bond donors (Lipinski definition) is 0. The van der Waals surface area contributed by atoms with Gasteiger partial charge in [0, 0.05) is 19.9 Å². The molecule has 2 aromatic heterocycles. The van der Waals surface area contributed by atoms with Crippen molar-refractivity contribution in [3.63, 3.8) is 0 Å². The van der Waals surface area contributed by atoms with E-state index in [1.54, 1.807) is 37.6 Å². The molecule has 0 aromatic carbocycles. The molecular formula is C17H19N3O3S. The molecule has 0 spiro atoms. The quantitative estimate of drug-likeness (QED) is 0.837. The molecule has 0 radical (unpaired) electrons. The van der Waals surface area contributed by atoms with Gasteiger partial charge in [0.05, 0.1) is 16.9 Å². The van der Waals surface area contributed by atoms with Crippen molar-refractivity contribution in [2.45, 2.75) is 25.8 Å². The Labute approximate surface area is 144 Å². The molecule has 3 rings (SSSR count). The predicted molar refractivity (Wildman–Crippen MR) is 91.7 cm³/mol. The predicted octanol–water partition coefficient (Wildman–Crippen LogP) is 2.89. The van der Waals surface area contributed by atoms with Gasteiger partial charge in [0.25, 0.3) is 5.91 Å². The van der Waals surface area contributed by atoms with Crippen LogP contribution in [0.15, 0.2) is 45.4 Å². The molecule has 6 nitrogen and oxygen atoms in total. The lowest BCUT2D eigenvalue weighted by Crippen LogP contribution is -2.38. The summed E-state index contributed by atoms with van der Waals surface area (Å²) in [5, 5.41) is 7.95. The molecular weight excluding hydrogens is 326 g/mol. The minimum absolute atomic E-state index is 0.00506. The zero-order valence-electron chi connectivity index (χ0n) is 13.6. The lowest BCUT2D eigenvalue weighted by atomic mass is 10.1. The van der Waals surface area contributed by atoms with Gasteiger partial charge in [-0.3, -0.25) is 9.59 Å². The van der Waals surface area contributed by atoms with Crippen molar-refractivity contribution in [1.29, 1.82) is 0 Å². The molecule has 1 atom stereocenters. The van der Waals surface area contributed by atoms with Crippen molar-refractivity contribution in [3.8, 4) is 0 Å². The van der Waals surface area contributed by atoms with Crippen LogP contribution in [0.4, 0.5) is 0 Å². The molecule has 2 aromatic rings. The first-order valence-electron chi connectivity index (χ1n) is 7.81. The molecule has 1 aliphatic rings. The van der Waals surface area contributed by atoms with Gasteiger partial charge in [-0.25, -0.2) is 5.01 Å². The number of thiophene rings is 1. The van der Waals surface area contributed by atoms with Crippen LogP contribution in [-0.4, -0.2) is 41.0 Å². The zero-order chi connectivity index (χ0) is 17.1. The minimum Gasteiger partial charge on any atom is -0.467 e. The Morgan fingerprint density at radius 3 is 2.88 bits per heavy atom. The highest BCUT2D eigenvalue weighted by molar-refractivity contribution is 7.12. The van der Waals surface area contributed by atoms with Crippen LogP contribution in [0.1, 0.15) is 36.4 Å². The number of furan rings is 1. The second-order valence-corrected chi connectivity index (χ2v) is 6.55. The van der Waals surface area contributed by atoms with Crippen molar-refractivity contribution in [2.24, 2.45) is 5.10 Å². The highest BCUT2D eigenvalue weighted by atomic mass is 32.1. The number of carbonyl (C=O) groups is 2. The van der Waals surface area contributed by atoms with Crippen molar-refractivity contribution in [1.82, 2.24) is 9.91 Å². The normalized spacial score (nSPS) is 17.0. The SMILES string of the molecule is CCC(=O)N(C)CC(=O)N1N=C(c2cccs2)C[C@H]1c1ccco1. The fraction of sp³-hybridized carbons (Fsp3) is 0.353. The number of nitrogens with zero attached hydrogens (tertiary/aromatic N) is 3. The summed E-state index contributed by atoms with van der Waals surface area (Å²) < 4.78 is 5.49. The monoisotopic (exact) mass is 345 g/mol. The van der Waals surface area contributed by atoms with Crippen LogP contribution in [-0.2, 0) is 9.59 Å². The number of rotatable bonds is 5. The lowest BCUT2D eigenvalue weighted by molar-refractivity contribution is -0.140. The van der Waals surface area contributed by atoms with Crippen molar-refractivity contribution in [3.05, 3.63) is 46.5 Å². The molecule has 24 heavy (non-hydrogen) atoms. The Kier molecular flexibility index (Phi) is 4.80. The summed E-state index contributed by atoms with van der Waals surface area (Å²) in [5.74, 6) is 0.412. The van der Waals surface area contributed by atoms with Gasteiger partial charge in [-0.2, -0.15) is 5.10 Å². The van der Waals surface area contributed by atoms with Crippen LogP contribution in [0.2, 0.25) is 0 Å². The molecule has 0 saturated carbocycles. The summed E-state index contributed by atoms with van der Waals surface area (Å²) in [6, 6.07) is 7.33. The van der Waals surface area contributed by atoms with Crippen molar-refractivity contribution in [2.75, 3.05) is 13.6 Å². The summed E-state index contributed by atoms with van der Waals surface area (Å²) in [7, 11) is 1.63. The molecule has 126 valence electrons. The maximum atomic E-state index is 12.7. The molecule has 0 unspecified atom stereocenters. The molecule has 0 fully saturated rings. The Morgan fingerprint density at radius 1 is 1.42 bits per heavy atom. The third-order valence-electron chi connectivity index (χ3n) is 3.94. The van der Waals surface area contributed by atoms with Crippen LogP contribution in [0.25, 0.3) is 0 Å². The standard InChI is InChI=1S/C17H19N3O3S/c1-3-16(21)19(2)11-17(22)20-13(14-6-4-8-23-14)10-12(18-20)15-7-5-9-24-15/h4-9,13H,3,10-11H2,1-2H3/t13-/m0/s1. The van der Waals surface area contributed by atoms with E-state index in [0.29, 0.717) is 18.6 Å². The van der Waals surface area contributed by atoms with Gasteiger partial charge < -0.3 is 9.32 Å². The molecule has 0 aliphatic carbocycles. The second kappa shape index (κ2) is 7.00. The summed E-state index contributed by atoms with van der Waals surface area (Å²) in [6.45, 7) is 1.78. The molecule has 3 heterocycles. The fourth-order valence-electron chi connectivity index (χ4n) is 2.67. The third kappa shape index (κ3) is 3.26. The average molecular weight is 345 g/mol. The van der Waals surface area contributed by atoms with E-state index in [4.69, 9.17) is 4.42 Å². The first-order valence-corrected chi connectivity index (χ1v) is 8.69. The van der Waals surface area contributed by atoms with E-state index in [1.165, 1.54) is 9.91 Å². The minimum atomic E-state index is -0.269. The summed E-state index contributed by atoms with van der Waals surface area (Å²) in [4.78, 5) is 26.9. The maximum absolute atomic E-state index is 12.7. The number of hydrazone groups is 1. The van der Waals surface area contributed by atoms with Crippen LogP contribution < -0.4 is 0 Å². The smallest absolute Gasteiger partial charge is 0.262 e. The average Bonchev–Trinajstić information content (AvgIpc) is 3.33. The van der Waals surface area contributed by atoms with Crippen molar-refractivity contribution >= 4 is 28.9 Å². The number of hydrogen-bond acceptors (Lipinski definition) is 5. The molecule has 0 bridgehead atoms. The number of carbonyl (C=O) groups excluding carboxylic acids is 2. The van der Waals surface area contributed by atoms with Crippen LogP contribution in [0.5, 0.6) is 0 Å². The molecule has 7 heteroatoms. The highest BCUT2D eigenvalue weighted by Gasteiger charge is 2.35. The van der Waals surface area contributed by atoms with Gasteiger partial charge in [0.1, 0.15) is 18.3 Å². The maximum Gasteiger partial charge on any atom is 0.262 e. The Balaban J connectivity index is 1.83. The van der Waals surface area contributed by atoms with Crippen molar-refractivity contribution < 1.29 is 14.0 Å². The van der Waals surface area contributed by atoms with E-state index >= 15 is 0 Å². The number of amides is 2. The second-order valence-electron chi connectivity index (χ2n) is 5.60. The van der Waals surface area contributed by atoms with Gasteiger partial charge in [0.15, 0.2) is 0 Å². The fourth-order valence-corrected chi connectivity index (χ4v) is 3.39. The molecule has 2 amide bonds. The Morgan fingerprint density at radius 2 is 2.25 bits per heavy atom. The summed E-state index contributed by atoms with van der Waals surface area (Å²) in [5.41, 5.74) is 0.865. The zero-order valence-corrected chi connectivity index (χ0v) is 14.5. The van der Waals surface area contributed by atoms with E-state index < -0.39 is 0 Å². The Bertz CT molecular complexity index is 737. The van der Waals surface area contributed by atoms with Gasteiger partial charge in [-0.05, 0) is 23.6 Å². The largest absolute Gasteiger partial charge is 0.467 e. The first-order chi connectivity index (χ1) is 11.6. The Hall–Kier alpha value is -2.41. The summed E-state index contributed by atoms with van der Waals surface area (Å²) in [6.07, 6.45) is 2.56. The van der Waals surface area contributed by atoms with Crippen LogP contribution >= 0.6 is 11.3 Å². The van der Waals surface area contributed by atoms with E-state index in [1.807, 2.05) is 23.6 Å². The number of likely N-dealkylation sites (N-methyl/N-ethyl adjacent to an activating group) is 1. The van der Waals surface area contributed by atoms with Gasteiger partial charge in [-0.15, -0.1) is 11.3 Å². The van der Waals surface area contributed by atoms with Gasteiger partial charge in [0.2, 0.25) is 5.91 Å². The van der Waals surface area contributed by atoms with Crippen LogP contribution in [0.3, 0.4) is 0 Å². The highest BCUT2D eigenvalue weighted by Crippen LogP contribution is 2.34. The molecule has 0 N–H and O–H groups in total. The molecule has 1 aliphatic heterocycles. The topological polar surface area (TPSA) is 66.1 Å². The lowest BCUT2D eigenvalue weighted by Gasteiger charge is -2.23. The van der Waals surface area contributed by atoms with E-state index in [9.17, 15) is 9.59 Å². The van der Waals surface area contributed by atoms with Crippen LogP contribution in [0, 0.1) is 0 Å². The third-order valence-corrected chi connectivity index (χ3v) is 4.86. The summed E-state index contributed by atoms with van der Waals surface area (Å²) >= 11 is 1.59. The first kappa shape index (κ1) is 16.4. The molecule has 0 saturated heterocycles. The van der Waals surface area contributed by atoms with E-state index in [-0.39, 0.29) is 24.4 Å². The van der Waals surface area contributed by atoms with E-state index in [0.717, 1.165) is 10.6 Å². The van der Waals surface area contributed by atoms with Gasteiger partial charge >= 0.3 is 0 Å².